The molecule has 0 spiro atoms. The van der Waals surface area contributed by atoms with Gasteiger partial charge in [-0.1, -0.05) is 127 Å². The minimum absolute atomic E-state index is 0.867. The highest BCUT2D eigenvalue weighted by molar-refractivity contribution is 6.23. The molecule has 9 aromatic rings. The van der Waals surface area contributed by atoms with Crippen LogP contribution in [0.15, 0.2) is 164 Å². The predicted octanol–water partition coefficient (Wildman–Crippen LogP) is 12.1. The Hall–Kier alpha value is -6.32. The van der Waals surface area contributed by atoms with Gasteiger partial charge in [0.2, 0.25) is 0 Å². The molecule has 0 unspecified atom stereocenters. The summed E-state index contributed by atoms with van der Waals surface area (Å²) in [6.45, 7) is 0. The van der Waals surface area contributed by atoms with Gasteiger partial charge in [-0.2, -0.15) is 0 Å². The predicted molar refractivity (Wildman–Crippen MR) is 206 cm³/mol. The molecular formula is C46H31N3. The molecule has 0 radical (unpaired) electrons. The third-order valence-electron chi connectivity index (χ3n) is 10.1. The Bertz CT molecular complexity index is 2780. The molecule has 7 aromatic carbocycles. The maximum absolute atomic E-state index is 5.35. The van der Waals surface area contributed by atoms with E-state index in [1.54, 1.807) is 0 Å². The summed E-state index contributed by atoms with van der Waals surface area (Å²) in [6, 6.07) is 50.2. The summed E-state index contributed by atoms with van der Waals surface area (Å²) >= 11 is 0. The van der Waals surface area contributed by atoms with Gasteiger partial charge in [-0.05, 0) is 76.2 Å². The van der Waals surface area contributed by atoms with E-state index >= 15 is 0 Å². The summed E-state index contributed by atoms with van der Waals surface area (Å²) in [5, 5.41) is 7.17. The molecule has 0 saturated heterocycles. The van der Waals surface area contributed by atoms with Crippen LogP contribution < -0.4 is 0 Å². The van der Waals surface area contributed by atoms with Gasteiger partial charge in [0.25, 0.3) is 0 Å². The number of hydrogen-bond acceptors (Lipinski definition) is 2. The fourth-order valence-corrected chi connectivity index (χ4v) is 7.80. The molecule has 0 N–H and O–H groups in total. The van der Waals surface area contributed by atoms with Crippen LogP contribution in [0.1, 0.15) is 18.4 Å². The van der Waals surface area contributed by atoms with E-state index < -0.39 is 0 Å². The van der Waals surface area contributed by atoms with Crippen molar-refractivity contribution in [1.29, 1.82) is 0 Å². The Morgan fingerprint density at radius 1 is 0.510 bits per heavy atom. The number of benzene rings is 7. The number of rotatable bonds is 4. The van der Waals surface area contributed by atoms with Gasteiger partial charge in [0, 0.05) is 32.8 Å². The fourth-order valence-electron chi connectivity index (χ4n) is 7.80. The Morgan fingerprint density at radius 2 is 1.20 bits per heavy atom. The van der Waals surface area contributed by atoms with E-state index in [9.17, 15) is 0 Å². The van der Waals surface area contributed by atoms with Gasteiger partial charge < -0.3 is 4.57 Å². The van der Waals surface area contributed by atoms with Crippen molar-refractivity contribution in [2.75, 3.05) is 0 Å². The first-order valence-corrected chi connectivity index (χ1v) is 17.0. The molecule has 0 amide bonds. The van der Waals surface area contributed by atoms with Gasteiger partial charge in [0.15, 0.2) is 0 Å². The molecular weight excluding hydrogens is 595 g/mol. The molecule has 2 heterocycles. The number of fused-ring (bicyclic) bond motifs is 9. The molecule has 3 heteroatoms. The third-order valence-corrected chi connectivity index (χ3v) is 10.1. The number of hydrogen-bond donors (Lipinski definition) is 0. The first kappa shape index (κ1) is 27.8. The highest BCUT2D eigenvalue weighted by Gasteiger charge is 2.18. The molecule has 0 fully saturated rings. The Kier molecular flexibility index (Phi) is 6.31. The van der Waals surface area contributed by atoms with Gasteiger partial charge in [-0.15, -0.1) is 0 Å². The van der Waals surface area contributed by atoms with E-state index in [1.807, 2.05) is 6.20 Å². The van der Waals surface area contributed by atoms with E-state index in [2.05, 4.69) is 162 Å². The lowest BCUT2D eigenvalue weighted by Gasteiger charge is -2.13. The van der Waals surface area contributed by atoms with Crippen molar-refractivity contribution < 1.29 is 0 Å². The highest BCUT2D eigenvalue weighted by atomic mass is 15.0. The molecule has 49 heavy (non-hydrogen) atoms. The number of allylic oxidation sites excluding steroid dienone is 4. The van der Waals surface area contributed by atoms with E-state index in [0.29, 0.717) is 0 Å². The van der Waals surface area contributed by atoms with Crippen molar-refractivity contribution in [3.63, 3.8) is 0 Å². The lowest BCUT2D eigenvalue weighted by atomic mass is 9.95. The quantitative estimate of drug-likeness (QED) is 0.182. The van der Waals surface area contributed by atoms with Gasteiger partial charge >= 0.3 is 0 Å². The minimum Gasteiger partial charge on any atom is -0.309 e. The molecule has 3 nitrogen and oxygen atoms in total. The maximum Gasteiger partial charge on any atom is 0.0979 e. The van der Waals surface area contributed by atoms with Gasteiger partial charge in [0.05, 0.1) is 34.0 Å². The molecule has 0 aliphatic heterocycles. The second kappa shape index (κ2) is 11.1. The van der Waals surface area contributed by atoms with E-state index in [1.165, 1.54) is 43.7 Å². The van der Waals surface area contributed by atoms with Crippen LogP contribution in [-0.2, 0) is 0 Å². The van der Waals surface area contributed by atoms with Crippen molar-refractivity contribution >= 4 is 60.0 Å². The average molecular weight is 626 g/mol. The largest absolute Gasteiger partial charge is 0.309 e. The zero-order chi connectivity index (χ0) is 32.3. The van der Waals surface area contributed by atoms with Crippen molar-refractivity contribution in [2.45, 2.75) is 12.8 Å². The lowest BCUT2D eigenvalue weighted by molar-refractivity contribution is 1.05. The topological polar surface area (TPSA) is 30.7 Å². The van der Waals surface area contributed by atoms with Crippen LogP contribution in [0.3, 0.4) is 0 Å². The zero-order valence-corrected chi connectivity index (χ0v) is 26.8. The van der Waals surface area contributed by atoms with Crippen molar-refractivity contribution in [1.82, 2.24) is 14.5 Å². The van der Waals surface area contributed by atoms with Crippen molar-refractivity contribution in [3.05, 3.63) is 170 Å². The van der Waals surface area contributed by atoms with Gasteiger partial charge in [0.1, 0.15) is 0 Å². The minimum atomic E-state index is 0.867. The van der Waals surface area contributed by atoms with E-state index in [4.69, 9.17) is 9.97 Å². The van der Waals surface area contributed by atoms with Crippen LogP contribution in [0.25, 0.3) is 88.0 Å². The number of para-hydroxylation sites is 1. The molecule has 2 aromatic heterocycles. The van der Waals surface area contributed by atoms with Crippen LogP contribution in [-0.4, -0.2) is 14.5 Å². The Morgan fingerprint density at radius 3 is 1.98 bits per heavy atom. The monoisotopic (exact) mass is 625 g/mol. The summed E-state index contributed by atoms with van der Waals surface area (Å²) in [4.78, 5) is 10.4. The molecule has 230 valence electrons. The summed E-state index contributed by atoms with van der Waals surface area (Å²) in [5.74, 6) is 0. The van der Waals surface area contributed by atoms with Crippen molar-refractivity contribution in [3.8, 4) is 28.1 Å². The molecule has 1 aliphatic rings. The maximum atomic E-state index is 5.35. The van der Waals surface area contributed by atoms with Crippen LogP contribution in [0.2, 0.25) is 0 Å². The second-order valence-electron chi connectivity index (χ2n) is 12.9. The Labute approximate surface area is 284 Å². The van der Waals surface area contributed by atoms with Crippen LogP contribution in [0, 0.1) is 0 Å². The number of nitrogens with zero attached hydrogens (tertiary/aromatic N) is 3. The fraction of sp³-hybridized carbons (Fsp3) is 0.0435. The summed E-state index contributed by atoms with van der Waals surface area (Å²) in [7, 11) is 0. The van der Waals surface area contributed by atoms with Crippen LogP contribution >= 0.6 is 0 Å². The van der Waals surface area contributed by atoms with E-state index in [-0.39, 0.29) is 0 Å². The first-order chi connectivity index (χ1) is 24.3. The normalized spacial score (nSPS) is 13.2. The summed E-state index contributed by atoms with van der Waals surface area (Å²) in [6.07, 6.45) is 10.8. The smallest absolute Gasteiger partial charge is 0.0979 e. The zero-order valence-electron chi connectivity index (χ0n) is 26.8. The standard InChI is InChI=1S/C46H31N3/c1-3-13-30(14-4-1)31-24-26-43-41(27-31)38-25-23-32(28-44(38)49(43)33-15-5-2-6-16-33)34-17-7-10-20-37(34)42-29-47-45-39-21-11-8-18-35(39)36-19-9-12-22-40(36)46(45)48-42/h1-3,5-13,15-29H,4,14H2. The SMILES string of the molecule is C1=CCCC(c2ccc3c(c2)c2ccc(-c4ccccc4-c4cnc5c6ccccc6c6ccccc6c5n4)cc2n3-c2ccccc2)=C1. The van der Waals surface area contributed by atoms with Crippen molar-refractivity contribution in [2.24, 2.45) is 0 Å². The third kappa shape index (κ3) is 4.43. The Balaban J connectivity index is 1.18. The first-order valence-electron chi connectivity index (χ1n) is 17.0. The molecule has 0 atom stereocenters. The van der Waals surface area contributed by atoms with Crippen LogP contribution in [0.4, 0.5) is 0 Å². The molecule has 1 aliphatic carbocycles. The number of aromatic nitrogens is 3. The average Bonchev–Trinajstić information content (AvgIpc) is 3.51. The van der Waals surface area contributed by atoms with Gasteiger partial charge in [-0.3, -0.25) is 4.98 Å². The lowest BCUT2D eigenvalue weighted by Crippen LogP contribution is -1.95. The van der Waals surface area contributed by atoms with Gasteiger partial charge in [-0.25, -0.2) is 4.98 Å². The second-order valence-corrected chi connectivity index (χ2v) is 12.9. The molecule has 0 bridgehead atoms. The van der Waals surface area contributed by atoms with Crippen LogP contribution in [0.5, 0.6) is 0 Å². The molecule has 0 saturated carbocycles. The highest BCUT2D eigenvalue weighted by Crippen LogP contribution is 2.40. The summed E-state index contributed by atoms with van der Waals surface area (Å²) in [5.41, 5.74) is 12.3. The van der Waals surface area contributed by atoms with E-state index in [0.717, 1.165) is 62.7 Å². The summed E-state index contributed by atoms with van der Waals surface area (Å²) < 4.78 is 2.41. The molecule has 10 rings (SSSR count).